The van der Waals surface area contributed by atoms with Crippen LogP contribution in [0.1, 0.15) is 48.0 Å². The number of carbonyl (C=O) groups excluding carboxylic acids is 1. The van der Waals surface area contributed by atoms with E-state index in [9.17, 15) is 4.79 Å². The molecule has 7 heteroatoms. The summed E-state index contributed by atoms with van der Waals surface area (Å²) in [7, 11) is 0. The summed E-state index contributed by atoms with van der Waals surface area (Å²) >= 11 is 1.91. The van der Waals surface area contributed by atoms with Gasteiger partial charge in [0, 0.05) is 19.1 Å². The van der Waals surface area contributed by atoms with Gasteiger partial charge in [-0.05, 0) is 63.0 Å². The molecule has 0 bridgehead atoms. The highest BCUT2D eigenvalue weighted by Crippen LogP contribution is 2.41. The molecule has 2 aliphatic rings. The summed E-state index contributed by atoms with van der Waals surface area (Å²) in [6.07, 6.45) is 6.75. The molecule has 1 saturated heterocycles. The molecule has 142 valence electrons. The number of nitrogens with one attached hydrogen (secondary N) is 1. The molecule has 1 saturated carbocycles. The molecule has 25 heavy (non-hydrogen) atoms. The Morgan fingerprint density at radius 3 is 2.80 bits per heavy atom. The first kappa shape index (κ1) is 20.6. The molecule has 0 radical (unpaired) electrons. The Labute approximate surface area is 161 Å². The number of thioether (sulfide) groups is 1. The summed E-state index contributed by atoms with van der Waals surface area (Å²) in [4.78, 5) is 15.3. The third kappa shape index (κ3) is 4.92. The van der Waals surface area contributed by atoms with E-state index in [2.05, 4.69) is 21.6 Å². The second kappa shape index (κ2) is 9.28. The molecular weight excluding hydrogens is 358 g/mol. The van der Waals surface area contributed by atoms with E-state index in [1.165, 1.54) is 25.0 Å². The summed E-state index contributed by atoms with van der Waals surface area (Å²) in [5, 5.41) is 7.32. The number of aryl methyl sites for hydroxylation is 2. The Kier molecular flexibility index (Phi) is 7.65. The lowest BCUT2D eigenvalue weighted by Gasteiger charge is -2.19. The van der Waals surface area contributed by atoms with E-state index in [1.54, 1.807) is 0 Å². The predicted octanol–water partition coefficient (Wildman–Crippen LogP) is 3.16. The largest absolute Gasteiger partial charge is 0.361 e. The number of aromatic nitrogens is 1. The van der Waals surface area contributed by atoms with Gasteiger partial charge in [-0.25, -0.2) is 0 Å². The first-order chi connectivity index (χ1) is 11.6. The minimum absolute atomic E-state index is 0. The first-order valence-corrected chi connectivity index (χ1v) is 10.5. The number of rotatable bonds is 8. The standard InChI is InChI=1S/C18H29N3O2S.ClH/c1-4-15-17(12(2)23-20-15)18(22)19-16-11-21(8-5-9-24-3)10-14(16)13-6-7-13;/h13-14,16H,4-11H2,1-3H3,(H,19,22);1H/t14-,16+;/m1./s1. The number of likely N-dealkylation sites (tertiary alicyclic amines) is 1. The predicted molar refractivity (Wildman–Crippen MR) is 105 cm³/mol. The zero-order valence-electron chi connectivity index (χ0n) is 15.4. The molecule has 3 rings (SSSR count). The van der Waals surface area contributed by atoms with Gasteiger partial charge in [0.15, 0.2) is 0 Å². The van der Waals surface area contributed by atoms with E-state index in [4.69, 9.17) is 4.52 Å². The number of amides is 1. The average Bonchev–Trinajstić information content (AvgIpc) is 3.23. The maximum atomic E-state index is 12.8. The van der Waals surface area contributed by atoms with Gasteiger partial charge in [0.2, 0.25) is 0 Å². The Bertz CT molecular complexity index is 577. The van der Waals surface area contributed by atoms with Gasteiger partial charge in [-0.3, -0.25) is 4.79 Å². The molecule has 2 atom stereocenters. The van der Waals surface area contributed by atoms with Gasteiger partial charge in [0.25, 0.3) is 5.91 Å². The fourth-order valence-electron chi connectivity index (χ4n) is 3.87. The fraction of sp³-hybridized carbons (Fsp3) is 0.778. The first-order valence-electron chi connectivity index (χ1n) is 9.11. The minimum atomic E-state index is -0.00721. The van der Waals surface area contributed by atoms with Crippen LogP contribution >= 0.6 is 24.2 Å². The van der Waals surface area contributed by atoms with Crippen molar-refractivity contribution in [3.8, 4) is 0 Å². The van der Waals surface area contributed by atoms with Crippen molar-refractivity contribution in [2.24, 2.45) is 11.8 Å². The highest BCUT2D eigenvalue weighted by atomic mass is 35.5. The van der Waals surface area contributed by atoms with Crippen LogP contribution in [0.2, 0.25) is 0 Å². The second-order valence-electron chi connectivity index (χ2n) is 7.10. The van der Waals surface area contributed by atoms with Gasteiger partial charge in [0.05, 0.1) is 5.69 Å². The number of nitrogens with zero attached hydrogens (tertiary/aromatic N) is 2. The molecule has 1 amide bonds. The normalized spacial score (nSPS) is 23.5. The third-order valence-corrected chi connectivity index (χ3v) is 6.00. The highest BCUT2D eigenvalue weighted by Gasteiger charge is 2.43. The number of hydrogen-bond acceptors (Lipinski definition) is 5. The maximum absolute atomic E-state index is 12.8. The van der Waals surface area contributed by atoms with Crippen molar-refractivity contribution in [2.75, 3.05) is 31.6 Å². The van der Waals surface area contributed by atoms with Crippen molar-refractivity contribution < 1.29 is 9.32 Å². The number of halogens is 1. The minimum Gasteiger partial charge on any atom is -0.361 e. The lowest BCUT2D eigenvalue weighted by Crippen LogP contribution is -2.41. The van der Waals surface area contributed by atoms with Crippen LogP contribution < -0.4 is 5.32 Å². The van der Waals surface area contributed by atoms with Gasteiger partial charge < -0.3 is 14.7 Å². The van der Waals surface area contributed by atoms with E-state index in [1.807, 2.05) is 25.6 Å². The Morgan fingerprint density at radius 1 is 1.40 bits per heavy atom. The summed E-state index contributed by atoms with van der Waals surface area (Å²) in [5.41, 5.74) is 1.41. The summed E-state index contributed by atoms with van der Waals surface area (Å²) in [5.74, 6) is 3.24. The Hall–Kier alpha value is -0.720. The molecule has 1 aromatic heterocycles. The second-order valence-corrected chi connectivity index (χ2v) is 8.09. The van der Waals surface area contributed by atoms with Crippen molar-refractivity contribution in [1.82, 2.24) is 15.4 Å². The van der Waals surface area contributed by atoms with Crippen molar-refractivity contribution in [1.29, 1.82) is 0 Å². The zero-order valence-corrected chi connectivity index (χ0v) is 17.0. The van der Waals surface area contributed by atoms with Gasteiger partial charge in [-0.1, -0.05) is 12.1 Å². The number of carbonyl (C=O) groups is 1. The van der Waals surface area contributed by atoms with Crippen LogP contribution in [0.5, 0.6) is 0 Å². The van der Waals surface area contributed by atoms with Crippen LogP contribution in [0.3, 0.4) is 0 Å². The molecule has 5 nitrogen and oxygen atoms in total. The molecule has 0 aromatic carbocycles. The lowest BCUT2D eigenvalue weighted by atomic mass is 9.97. The molecule has 2 heterocycles. The molecule has 0 spiro atoms. The van der Waals surface area contributed by atoms with E-state index in [0.717, 1.165) is 37.7 Å². The smallest absolute Gasteiger partial charge is 0.257 e. The third-order valence-electron chi connectivity index (χ3n) is 5.30. The van der Waals surface area contributed by atoms with E-state index >= 15 is 0 Å². The number of hydrogen-bond donors (Lipinski definition) is 1. The lowest BCUT2D eigenvalue weighted by molar-refractivity contribution is 0.0925. The van der Waals surface area contributed by atoms with E-state index < -0.39 is 0 Å². The molecule has 1 aliphatic heterocycles. The molecule has 2 fully saturated rings. The molecule has 1 aromatic rings. The topological polar surface area (TPSA) is 58.4 Å². The maximum Gasteiger partial charge on any atom is 0.257 e. The Balaban J connectivity index is 0.00000225. The molecule has 0 unspecified atom stereocenters. The summed E-state index contributed by atoms with van der Waals surface area (Å²) < 4.78 is 5.22. The van der Waals surface area contributed by atoms with E-state index in [-0.39, 0.29) is 24.4 Å². The van der Waals surface area contributed by atoms with Crippen molar-refractivity contribution >= 4 is 30.1 Å². The highest BCUT2D eigenvalue weighted by molar-refractivity contribution is 7.98. The van der Waals surface area contributed by atoms with Crippen LogP contribution in [0.25, 0.3) is 0 Å². The molecule has 1 N–H and O–H groups in total. The molecular formula is C18H30ClN3O2S. The van der Waals surface area contributed by atoms with Gasteiger partial charge in [0.1, 0.15) is 11.3 Å². The monoisotopic (exact) mass is 387 g/mol. The quantitative estimate of drug-likeness (QED) is 0.694. The molecule has 1 aliphatic carbocycles. The SMILES string of the molecule is CCc1noc(C)c1C(=O)N[C@H]1CN(CCCSC)C[C@@H]1C1CC1.Cl. The fourth-order valence-corrected chi connectivity index (χ4v) is 4.29. The van der Waals surface area contributed by atoms with Crippen LogP contribution in [-0.4, -0.2) is 53.6 Å². The average molecular weight is 388 g/mol. The van der Waals surface area contributed by atoms with Crippen molar-refractivity contribution in [2.45, 2.75) is 45.6 Å². The Morgan fingerprint density at radius 2 is 2.16 bits per heavy atom. The van der Waals surface area contributed by atoms with Crippen LogP contribution in [0, 0.1) is 18.8 Å². The zero-order chi connectivity index (χ0) is 17.1. The summed E-state index contributed by atoms with van der Waals surface area (Å²) in [6, 6.07) is 0.262. The van der Waals surface area contributed by atoms with Gasteiger partial charge in [-0.2, -0.15) is 11.8 Å². The van der Waals surface area contributed by atoms with E-state index in [0.29, 0.717) is 17.2 Å². The van der Waals surface area contributed by atoms with Gasteiger partial charge >= 0.3 is 0 Å². The van der Waals surface area contributed by atoms with Crippen molar-refractivity contribution in [3.63, 3.8) is 0 Å². The van der Waals surface area contributed by atoms with Crippen LogP contribution in [-0.2, 0) is 6.42 Å². The van der Waals surface area contributed by atoms with Crippen molar-refractivity contribution in [3.05, 3.63) is 17.0 Å². The van der Waals surface area contributed by atoms with Crippen LogP contribution in [0.4, 0.5) is 0 Å². The summed E-state index contributed by atoms with van der Waals surface area (Å²) in [6.45, 7) is 7.08. The van der Waals surface area contributed by atoms with Crippen LogP contribution in [0.15, 0.2) is 4.52 Å². The van der Waals surface area contributed by atoms with Gasteiger partial charge in [-0.15, -0.1) is 12.4 Å².